The molecule has 0 spiro atoms. The molecule has 4 rings (SSSR count). The third-order valence-electron chi connectivity index (χ3n) is 7.27. The third-order valence-corrected chi connectivity index (χ3v) is 7.27. The first-order valence-corrected chi connectivity index (χ1v) is 12.8. The van der Waals surface area contributed by atoms with Gasteiger partial charge in [0, 0.05) is 30.6 Å². The Bertz CT molecular complexity index is 1340. The summed E-state index contributed by atoms with van der Waals surface area (Å²) in [5, 5.41) is 9.97. The van der Waals surface area contributed by atoms with E-state index in [1.807, 2.05) is 6.07 Å². The largest absolute Gasteiger partial charge is 0.497 e. The number of halogens is 3. The summed E-state index contributed by atoms with van der Waals surface area (Å²) in [7, 11) is 1.57. The smallest absolute Gasteiger partial charge is 0.303 e. The maximum atomic E-state index is 15.5. The lowest BCUT2D eigenvalue weighted by Gasteiger charge is -2.38. The molecule has 1 aliphatic heterocycles. The van der Waals surface area contributed by atoms with Crippen molar-refractivity contribution in [2.24, 2.45) is 11.8 Å². The van der Waals surface area contributed by atoms with Gasteiger partial charge < -0.3 is 9.84 Å². The van der Waals surface area contributed by atoms with Crippen molar-refractivity contribution in [3.05, 3.63) is 71.4 Å². The van der Waals surface area contributed by atoms with Gasteiger partial charge in [0.25, 0.3) is 0 Å². The van der Waals surface area contributed by atoms with E-state index in [0.717, 1.165) is 24.4 Å². The summed E-state index contributed by atoms with van der Waals surface area (Å²) in [6, 6.07) is 10.4. The molecule has 3 aromatic rings. The van der Waals surface area contributed by atoms with Crippen LogP contribution in [0.15, 0.2) is 48.7 Å². The number of hydrogen-bond acceptors (Lipinski definition) is 4. The molecule has 0 amide bonds. The van der Waals surface area contributed by atoms with Crippen LogP contribution in [0.4, 0.5) is 13.2 Å². The fourth-order valence-electron chi connectivity index (χ4n) is 5.22. The van der Waals surface area contributed by atoms with E-state index >= 15 is 4.39 Å². The number of rotatable bonds is 9. The molecule has 5 nitrogen and oxygen atoms in total. The predicted molar refractivity (Wildman–Crippen MR) is 140 cm³/mol. The number of fused-ring (bicyclic) bond motifs is 1. The minimum Gasteiger partial charge on any atom is -0.497 e. The van der Waals surface area contributed by atoms with Gasteiger partial charge in [0.05, 0.1) is 24.7 Å². The van der Waals surface area contributed by atoms with Crippen LogP contribution in [0.5, 0.6) is 5.75 Å². The van der Waals surface area contributed by atoms with Crippen molar-refractivity contribution < 1.29 is 27.8 Å². The molecule has 0 radical (unpaired) electrons. The zero-order valence-corrected chi connectivity index (χ0v) is 21.3. The number of hydrogen-bond donors (Lipinski definition) is 1. The molecule has 0 saturated carbocycles. The number of pyridine rings is 1. The first-order valence-electron chi connectivity index (χ1n) is 12.8. The highest BCUT2D eigenvalue weighted by Crippen LogP contribution is 2.36. The molecule has 1 fully saturated rings. The molecule has 200 valence electrons. The van der Waals surface area contributed by atoms with Crippen LogP contribution < -0.4 is 4.74 Å². The summed E-state index contributed by atoms with van der Waals surface area (Å²) in [5.74, 6) is 4.43. The monoisotopic (exact) mass is 524 g/mol. The number of carbonyl (C=O) groups is 1. The Balaban J connectivity index is 1.40. The Morgan fingerprint density at radius 3 is 2.79 bits per heavy atom. The SMILES string of the molecule is COc1ccc2nccc([C@H](F)CC[C@@H]3CCN(CC#Cc4ccc(F)cc4F)C[C@H]3CCC(=O)O)c2c1. The quantitative estimate of drug-likeness (QED) is 0.340. The maximum absolute atomic E-state index is 15.5. The number of likely N-dealkylation sites (tertiary alicyclic amines) is 1. The molecule has 0 aliphatic carbocycles. The first kappa shape index (κ1) is 27.5. The average molecular weight is 525 g/mol. The number of carboxylic acid groups (broad SMARTS) is 1. The van der Waals surface area contributed by atoms with Gasteiger partial charge in [-0.25, -0.2) is 13.2 Å². The number of aromatic nitrogens is 1. The average Bonchev–Trinajstić information content (AvgIpc) is 2.91. The standard InChI is InChI=1S/C30H31F3N2O3/c1-38-24-8-10-29-26(18-24)25(12-14-34-29)27(32)9-5-20-13-16-35(19-22(20)6-11-30(36)37)15-2-3-21-4-7-23(31)17-28(21)33/h4,7-8,10,12,14,17-18,20,22,27H,5-6,9,11,13,15-16,19H2,1H3,(H,36,37)/t20-,22-,27-/m1/s1. The number of aliphatic carboxylic acids is 1. The fraction of sp³-hybridized carbons (Fsp3) is 0.400. The maximum Gasteiger partial charge on any atom is 0.303 e. The molecular formula is C30H31F3N2O3. The Morgan fingerprint density at radius 1 is 1.18 bits per heavy atom. The van der Waals surface area contributed by atoms with Crippen LogP contribution in [0.1, 0.15) is 49.4 Å². The van der Waals surface area contributed by atoms with Crippen molar-refractivity contribution in [1.82, 2.24) is 9.88 Å². The molecule has 8 heteroatoms. The number of nitrogens with zero attached hydrogens (tertiary/aromatic N) is 2. The van der Waals surface area contributed by atoms with Crippen LogP contribution in [0.2, 0.25) is 0 Å². The summed E-state index contributed by atoms with van der Waals surface area (Å²) < 4.78 is 47.8. The Kier molecular flexibility index (Phi) is 9.24. The molecular weight excluding hydrogens is 493 g/mol. The number of benzene rings is 2. The summed E-state index contributed by atoms with van der Waals surface area (Å²) in [5.41, 5.74) is 1.43. The normalized spacial score (nSPS) is 18.5. The second-order valence-electron chi connectivity index (χ2n) is 9.73. The second-order valence-corrected chi connectivity index (χ2v) is 9.73. The van der Waals surface area contributed by atoms with Gasteiger partial charge >= 0.3 is 5.97 Å². The van der Waals surface area contributed by atoms with Crippen LogP contribution in [0.3, 0.4) is 0 Å². The summed E-state index contributed by atoms with van der Waals surface area (Å²) >= 11 is 0. The molecule has 1 aromatic heterocycles. The van der Waals surface area contributed by atoms with E-state index < -0.39 is 23.8 Å². The molecule has 0 unspecified atom stereocenters. The van der Waals surface area contributed by atoms with Gasteiger partial charge in [0.2, 0.25) is 0 Å². The van der Waals surface area contributed by atoms with Gasteiger partial charge in [-0.15, -0.1) is 0 Å². The molecule has 1 saturated heterocycles. The number of piperidine rings is 1. The summed E-state index contributed by atoms with van der Waals surface area (Å²) in [6.07, 6.45) is 2.76. The van der Waals surface area contributed by atoms with Gasteiger partial charge in [-0.1, -0.05) is 11.8 Å². The van der Waals surface area contributed by atoms with Crippen LogP contribution in [-0.2, 0) is 4.79 Å². The second kappa shape index (κ2) is 12.8. The lowest BCUT2D eigenvalue weighted by molar-refractivity contribution is -0.137. The van der Waals surface area contributed by atoms with E-state index in [9.17, 15) is 18.7 Å². The topological polar surface area (TPSA) is 62.7 Å². The van der Waals surface area contributed by atoms with Crippen molar-refractivity contribution >= 4 is 16.9 Å². The fourth-order valence-corrected chi connectivity index (χ4v) is 5.22. The van der Waals surface area contributed by atoms with E-state index in [0.29, 0.717) is 49.2 Å². The van der Waals surface area contributed by atoms with Crippen molar-refractivity contribution in [3.8, 4) is 17.6 Å². The van der Waals surface area contributed by atoms with E-state index in [1.165, 1.54) is 12.1 Å². The Hall–Kier alpha value is -3.57. The van der Waals surface area contributed by atoms with Gasteiger partial charge in [-0.2, -0.15) is 0 Å². The number of ether oxygens (including phenoxy) is 1. The van der Waals surface area contributed by atoms with Crippen LogP contribution in [0, 0.1) is 35.3 Å². The van der Waals surface area contributed by atoms with Gasteiger partial charge in [0.1, 0.15) is 23.6 Å². The first-order chi connectivity index (χ1) is 18.3. The predicted octanol–water partition coefficient (Wildman–Crippen LogP) is 6.17. The van der Waals surface area contributed by atoms with E-state index in [2.05, 4.69) is 21.7 Å². The van der Waals surface area contributed by atoms with E-state index in [1.54, 1.807) is 31.5 Å². The van der Waals surface area contributed by atoms with Crippen LogP contribution in [-0.4, -0.2) is 47.7 Å². The van der Waals surface area contributed by atoms with Crippen LogP contribution in [0.25, 0.3) is 10.9 Å². The minimum atomic E-state index is -1.18. The van der Waals surface area contributed by atoms with Crippen molar-refractivity contribution in [2.45, 2.75) is 38.3 Å². The molecule has 1 aliphatic rings. The highest BCUT2D eigenvalue weighted by molar-refractivity contribution is 5.83. The lowest BCUT2D eigenvalue weighted by atomic mass is 9.79. The zero-order valence-electron chi connectivity index (χ0n) is 21.3. The molecule has 2 aromatic carbocycles. The van der Waals surface area contributed by atoms with Gasteiger partial charge in [0.15, 0.2) is 0 Å². The number of carboxylic acids is 1. The molecule has 2 heterocycles. The highest BCUT2D eigenvalue weighted by Gasteiger charge is 2.30. The number of methoxy groups -OCH3 is 1. The molecule has 3 atom stereocenters. The Labute approximate surface area is 220 Å². The summed E-state index contributed by atoms with van der Waals surface area (Å²) in [4.78, 5) is 17.7. The van der Waals surface area contributed by atoms with Gasteiger partial charge in [-0.05, 0) is 86.0 Å². The lowest BCUT2D eigenvalue weighted by Crippen LogP contribution is -2.41. The molecule has 1 N–H and O–H groups in total. The summed E-state index contributed by atoms with van der Waals surface area (Å²) in [6.45, 7) is 1.77. The van der Waals surface area contributed by atoms with Crippen LogP contribution >= 0.6 is 0 Å². The van der Waals surface area contributed by atoms with Gasteiger partial charge in [-0.3, -0.25) is 14.7 Å². The highest BCUT2D eigenvalue weighted by atomic mass is 19.1. The van der Waals surface area contributed by atoms with E-state index in [4.69, 9.17) is 4.74 Å². The third kappa shape index (κ3) is 7.05. The zero-order chi connectivity index (χ0) is 27.1. The Morgan fingerprint density at radius 2 is 2.03 bits per heavy atom. The van der Waals surface area contributed by atoms with E-state index in [-0.39, 0.29) is 23.8 Å². The number of alkyl halides is 1. The minimum absolute atomic E-state index is 0.0509. The van der Waals surface area contributed by atoms with Crippen molar-refractivity contribution in [3.63, 3.8) is 0 Å². The molecule has 0 bridgehead atoms. The van der Waals surface area contributed by atoms with Crippen molar-refractivity contribution in [2.75, 3.05) is 26.7 Å². The van der Waals surface area contributed by atoms with Crippen molar-refractivity contribution in [1.29, 1.82) is 0 Å². The molecule has 38 heavy (non-hydrogen) atoms.